The molecule has 96 valence electrons. The van der Waals surface area contributed by atoms with E-state index in [-0.39, 0.29) is 0 Å². The number of hydrogen-bond donors (Lipinski definition) is 1. The van der Waals surface area contributed by atoms with Gasteiger partial charge in [0, 0.05) is 0 Å². The van der Waals surface area contributed by atoms with E-state index in [1.807, 2.05) is 41.8 Å². The predicted octanol–water partition coefficient (Wildman–Crippen LogP) is 4.22. The first kappa shape index (κ1) is 12.3. The van der Waals surface area contributed by atoms with Gasteiger partial charge in [-0.3, -0.25) is 4.57 Å². The van der Waals surface area contributed by atoms with Crippen LogP contribution in [0.2, 0.25) is 10.0 Å². The van der Waals surface area contributed by atoms with Crippen LogP contribution in [0.3, 0.4) is 0 Å². The summed E-state index contributed by atoms with van der Waals surface area (Å²) in [5.41, 5.74) is 9.62. The fourth-order valence-electron chi connectivity index (χ4n) is 2.13. The van der Waals surface area contributed by atoms with Crippen LogP contribution in [0.4, 0.5) is 5.95 Å². The van der Waals surface area contributed by atoms with Crippen molar-refractivity contribution in [2.75, 3.05) is 5.73 Å². The Balaban J connectivity index is 2.36. The molecule has 19 heavy (non-hydrogen) atoms. The van der Waals surface area contributed by atoms with Crippen molar-refractivity contribution < 1.29 is 0 Å². The maximum Gasteiger partial charge on any atom is 0.205 e. The molecule has 3 rings (SSSR count). The normalized spacial score (nSPS) is 11.1. The number of nitrogen functional groups attached to an aromatic ring is 1. The molecule has 3 nitrogen and oxygen atoms in total. The molecule has 0 amide bonds. The lowest BCUT2D eigenvalue weighted by molar-refractivity contribution is 1.11. The molecule has 1 aromatic heterocycles. The summed E-state index contributed by atoms with van der Waals surface area (Å²) in [7, 11) is 0. The number of anilines is 1. The molecule has 0 atom stereocenters. The van der Waals surface area contributed by atoms with Crippen molar-refractivity contribution in [3.05, 3.63) is 52.0 Å². The first-order chi connectivity index (χ1) is 9.08. The summed E-state index contributed by atoms with van der Waals surface area (Å²) in [5.74, 6) is 0.393. The van der Waals surface area contributed by atoms with Gasteiger partial charge < -0.3 is 5.73 Å². The Labute approximate surface area is 120 Å². The van der Waals surface area contributed by atoms with Crippen LogP contribution in [0.5, 0.6) is 0 Å². The Kier molecular flexibility index (Phi) is 2.88. The van der Waals surface area contributed by atoms with Crippen molar-refractivity contribution in [2.45, 2.75) is 6.92 Å². The summed E-state index contributed by atoms with van der Waals surface area (Å²) in [6, 6.07) is 11.4. The number of halogens is 2. The molecule has 2 N–H and O–H groups in total. The maximum absolute atomic E-state index is 6.25. The van der Waals surface area contributed by atoms with E-state index in [0.29, 0.717) is 16.0 Å². The van der Waals surface area contributed by atoms with Gasteiger partial charge in [0.25, 0.3) is 0 Å². The lowest BCUT2D eigenvalue weighted by Gasteiger charge is -2.09. The van der Waals surface area contributed by atoms with Crippen molar-refractivity contribution in [3.8, 4) is 5.69 Å². The smallest absolute Gasteiger partial charge is 0.205 e. The van der Waals surface area contributed by atoms with E-state index < -0.39 is 0 Å². The molecule has 1 heterocycles. The monoisotopic (exact) mass is 291 g/mol. The number of rotatable bonds is 1. The van der Waals surface area contributed by atoms with Gasteiger partial charge in [-0.15, -0.1) is 0 Å². The first-order valence-corrected chi connectivity index (χ1v) is 6.52. The Bertz CT molecular complexity index is 778. The molecule has 2 aromatic carbocycles. The van der Waals surface area contributed by atoms with Gasteiger partial charge in [-0.1, -0.05) is 35.3 Å². The minimum Gasteiger partial charge on any atom is -0.369 e. The number of aryl methyl sites for hydroxylation is 1. The Morgan fingerprint density at radius 3 is 2.74 bits per heavy atom. The lowest BCUT2D eigenvalue weighted by atomic mass is 10.2. The molecule has 0 saturated heterocycles. The van der Waals surface area contributed by atoms with E-state index >= 15 is 0 Å². The van der Waals surface area contributed by atoms with Crippen LogP contribution in [-0.4, -0.2) is 9.55 Å². The third kappa shape index (κ3) is 1.95. The van der Waals surface area contributed by atoms with Crippen molar-refractivity contribution in [1.29, 1.82) is 0 Å². The van der Waals surface area contributed by atoms with Gasteiger partial charge >= 0.3 is 0 Å². The quantitative estimate of drug-likeness (QED) is 0.729. The van der Waals surface area contributed by atoms with Crippen LogP contribution in [-0.2, 0) is 0 Å². The average Bonchev–Trinajstić information content (AvgIpc) is 2.68. The zero-order valence-electron chi connectivity index (χ0n) is 10.2. The third-order valence-corrected chi connectivity index (χ3v) is 3.82. The number of nitrogens with zero attached hydrogens (tertiary/aromatic N) is 2. The van der Waals surface area contributed by atoms with Crippen molar-refractivity contribution in [2.24, 2.45) is 0 Å². The van der Waals surface area contributed by atoms with Gasteiger partial charge in [0.1, 0.15) is 0 Å². The van der Waals surface area contributed by atoms with Crippen LogP contribution >= 0.6 is 23.2 Å². The average molecular weight is 292 g/mol. The van der Waals surface area contributed by atoms with Crippen molar-refractivity contribution in [3.63, 3.8) is 0 Å². The SMILES string of the molecule is Cc1ccc2c(c1)nc(N)n2-c1cccc(Cl)c1Cl. The Morgan fingerprint density at radius 2 is 1.95 bits per heavy atom. The van der Waals surface area contributed by atoms with Crippen LogP contribution in [0.25, 0.3) is 16.7 Å². The highest BCUT2D eigenvalue weighted by Gasteiger charge is 2.13. The maximum atomic E-state index is 6.25. The van der Waals surface area contributed by atoms with Gasteiger partial charge in [0.05, 0.1) is 26.8 Å². The van der Waals surface area contributed by atoms with Crippen LogP contribution in [0, 0.1) is 6.92 Å². The zero-order valence-corrected chi connectivity index (χ0v) is 11.7. The van der Waals surface area contributed by atoms with Crippen LogP contribution < -0.4 is 5.73 Å². The van der Waals surface area contributed by atoms with Gasteiger partial charge in [-0.05, 0) is 36.8 Å². The highest BCUT2D eigenvalue weighted by Crippen LogP contribution is 2.32. The minimum absolute atomic E-state index is 0.393. The summed E-state index contributed by atoms with van der Waals surface area (Å²) in [6.07, 6.45) is 0. The highest BCUT2D eigenvalue weighted by atomic mass is 35.5. The summed E-state index contributed by atoms with van der Waals surface area (Å²) >= 11 is 12.3. The lowest BCUT2D eigenvalue weighted by Crippen LogP contribution is -2.01. The molecule has 0 aliphatic heterocycles. The summed E-state index contributed by atoms with van der Waals surface area (Å²) in [6.45, 7) is 2.01. The van der Waals surface area contributed by atoms with Gasteiger partial charge in [0.2, 0.25) is 5.95 Å². The minimum atomic E-state index is 0.393. The zero-order chi connectivity index (χ0) is 13.6. The summed E-state index contributed by atoms with van der Waals surface area (Å²) in [5, 5.41) is 0.961. The molecular weight excluding hydrogens is 281 g/mol. The first-order valence-electron chi connectivity index (χ1n) is 5.77. The topological polar surface area (TPSA) is 43.8 Å². The van der Waals surface area contributed by atoms with E-state index in [1.165, 1.54) is 0 Å². The second-order valence-electron chi connectivity index (χ2n) is 4.37. The van der Waals surface area contributed by atoms with E-state index in [4.69, 9.17) is 28.9 Å². The Hall–Kier alpha value is -1.71. The number of fused-ring (bicyclic) bond motifs is 1. The number of benzene rings is 2. The van der Waals surface area contributed by atoms with E-state index in [9.17, 15) is 0 Å². The number of hydrogen-bond acceptors (Lipinski definition) is 2. The Morgan fingerprint density at radius 1 is 1.16 bits per heavy atom. The second-order valence-corrected chi connectivity index (χ2v) is 5.16. The molecule has 0 spiro atoms. The van der Waals surface area contributed by atoms with Crippen molar-refractivity contribution in [1.82, 2.24) is 9.55 Å². The molecule has 0 fully saturated rings. The molecule has 3 aromatic rings. The molecular formula is C14H11Cl2N3. The van der Waals surface area contributed by atoms with Gasteiger partial charge in [-0.25, -0.2) is 4.98 Å². The molecule has 0 bridgehead atoms. The molecule has 0 saturated carbocycles. The van der Waals surface area contributed by atoms with Crippen LogP contribution in [0.1, 0.15) is 5.56 Å². The van der Waals surface area contributed by atoms with Gasteiger partial charge in [0.15, 0.2) is 0 Å². The fourth-order valence-corrected chi connectivity index (χ4v) is 2.51. The third-order valence-electron chi connectivity index (χ3n) is 3.01. The molecule has 0 unspecified atom stereocenters. The highest BCUT2D eigenvalue weighted by molar-refractivity contribution is 6.43. The van der Waals surface area contributed by atoms with Crippen LogP contribution in [0.15, 0.2) is 36.4 Å². The second kappa shape index (κ2) is 4.44. The molecule has 0 aliphatic rings. The van der Waals surface area contributed by atoms with E-state index in [0.717, 1.165) is 22.3 Å². The largest absolute Gasteiger partial charge is 0.369 e. The number of imidazole rings is 1. The predicted molar refractivity (Wildman–Crippen MR) is 80.2 cm³/mol. The fraction of sp³-hybridized carbons (Fsp3) is 0.0714. The van der Waals surface area contributed by atoms with Crippen molar-refractivity contribution >= 4 is 40.2 Å². The standard InChI is InChI=1S/C14H11Cl2N3/c1-8-5-6-11-10(7-8)18-14(17)19(11)12-4-2-3-9(15)13(12)16/h2-7H,1H3,(H2,17,18). The molecule has 0 aliphatic carbocycles. The summed E-state index contributed by atoms with van der Waals surface area (Å²) < 4.78 is 1.81. The van der Waals surface area contributed by atoms with E-state index in [1.54, 1.807) is 6.07 Å². The molecule has 5 heteroatoms. The van der Waals surface area contributed by atoms with Gasteiger partial charge in [-0.2, -0.15) is 0 Å². The summed E-state index contributed by atoms with van der Waals surface area (Å²) in [4.78, 5) is 4.36. The number of nitrogens with two attached hydrogens (primary N) is 1. The molecule has 0 radical (unpaired) electrons. The number of aromatic nitrogens is 2. The van der Waals surface area contributed by atoms with E-state index in [2.05, 4.69) is 4.98 Å².